The second kappa shape index (κ2) is 7.10. The fourth-order valence-electron chi connectivity index (χ4n) is 2.63. The summed E-state index contributed by atoms with van der Waals surface area (Å²) in [7, 11) is 0. The van der Waals surface area contributed by atoms with E-state index in [9.17, 15) is 18.0 Å². The van der Waals surface area contributed by atoms with Gasteiger partial charge in [0.15, 0.2) is 5.82 Å². The van der Waals surface area contributed by atoms with Gasteiger partial charge in [0.1, 0.15) is 23.5 Å². The Bertz CT molecular complexity index is 1010. The highest BCUT2D eigenvalue weighted by Gasteiger charge is 2.33. The third-order valence-electron chi connectivity index (χ3n) is 4.02. The molecule has 3 aromatic heterocycles. The zero-order valence-electron chi connectivity index (χ0n) is 15.5. The van der Waals surface area contributed by atoms with Crippen LogP contribution in [-0.4, -0.2) is 44.1 Å². The van der Waals surface area contributed by atoms with Crippen LogP contribution in [0.5, 0.6) is 0 Å². The molecule has 3 rings (SSSR count). The lowest BCUT2D eigenvalue weighted by molar-refractivity contribution is -0.140. The van der Waals surface area contributed by atoms with Crippen LogP contribution >= 0.6 is 0 Å². The monoisotopic (exact) mass is 392 g/mol. The number of pyridine rings is 1. The number of fused-ring (bicyclic) bond motifs is 1. The van der Waals surface area contributed by atoms with Crippen LogP contribution in [-0.2, 0) is 4.79 Å². The molecule has 0 aromatic carbocycles. The Balaban J connectivity index is 1.83. The molecule has 0 bridgehead atoms. The highest BCUT2D eigenvalue weighted by Crippen LogP contribution is 2.26. The Morgan fingerprint density at radius 1 is 1.25 bits per heavy atom. The first-order valence-electron chi connectivity index (χ1n) is 8.45. The summed E-state index contributed by atoms with van der Waals surface area (Å²) in [6.45, 7) is 3.47. The van der Waals surface area contributed by atoms with Gasteiger partial charge in [0, 0.05) is 29.5 Å². The van der Waals surface area contributed by atoms with Crippen molar-refractivity contribution in [2.45, 2.75) is 32.5 Å². The zero-order valence-corrected chi connectivity index (χ0v) is 15.5. The first kappa shape index (κ1) is 19.6. The molecule has 10 heteroatoms. The third kappa shape index (κ3) is 4.38. The summed E-state index contributed by atoms with van der Waals surface area (Å²) in [5.41, 5.74) is 1.09. The van der Waals surface area contributed by atoms with Crippen LogP contribution in [0.1, 0.15) is 19.4 Å². The summed E-state index contributed by atoms with van der Waals surface area (Å²) in [5, 5.41) is 5.58. The molecule has 148 valence electrons. The molecule has 0 aliphatic rings. The predicted molar refractivity (Wildman–Crippen MR) is 98.6 cm³/mol. The molecule has 28 heavy (non-hydrogen) atoms. The Morgan fingerprint density at radius 2 is 2.00 bits per heavy atom. The number of carbonyl (C=O) groups excluding carboxylic acids is 1. The van der Waals surface area contributed by atoms with Gasteiger partial charge in [-0.1, -0.05) is 0 Å². The minimum Gasteiger partial charge on any atom is -0.356 e. The van der Waals surface area contributed by atoms with Crippen molar-refractivity contribution in [1.82, 2.24) is 25.3 Å². The fourth-order valence-corrected chi connectivity index (χ4v) is 2.63. The van der Waals surface area contributed by atoms with E-state index in [4.69, 9.17) is 0 Å². The van der Waals surface area contributed by atoms with Crippen LogP contribution < -0.4 is 10.6 Å². The van der Waals surface area contributed by atoms with Crippen LogP contribution in [0.2, 0.25) is 0 Å². The van der Waals surface area contributed by atoms with Crippen molar-refractivity contribution in [3.8, 4) is 11.4 Å². The van der Waals surface area contributed by atoms with Gasteiger partial charge in [0.05, 0.1) is 0 Å². The maximum absolute atomic E-state index is 12.3. The molecule has 3 aromatic rings. The molecule has 0 aliphatic heterocycles. The van der Waals surface area contributed by atoms with Crippen LogP contribution in [0.25, 0.3) is 22.4 Å². The number of hydrogen-bond acceptors (Lipinski definition) is 5. The van der Waals surface area contributed by atoms with Crippen molar-refractivity contribution in [2.75, 3.05) is 11.9 Å². The van der Waals surface area contributed by atoms with Gasteiger partial charge in [0.25, 0.3) is 0 Å². The Labute approximate surface area is 158 Å². The SMILES string of the molecule is Cc1cnc2[nH]cc(-c3nccc(NC(C)(C)C(=O)NCC(F)(F)F)n3)c2c1. The number of aromatic nitrogens is 4. The Kier molecular flexibility index (Phi) is 4.97. The molecule has 3 N–H and O–H groups in total. The number of alkyl halides is 3. The van der Waals surface area contributed by atoms with Gasteiger partial charge in [-0.25, -0.2) is 15.0 Å². The molecule has 0 saturated carbocycles. The number of aromatic amines is 1. The van der Waals surface area contributed by atoms with Gasteiger partial charge >= 0.3 is 6.18 Å². The molecule has 1 amide bonds. The predicted octanol–water partition coefficient (Wildman–Crippen LogP) is 3.20. The minimum atomic E-state index is -4.48. The molecular weight excluding hydrogens is 373 g/mol. The van der Waals surface area contributed by atoms with E-state index in [1.54, 1.807) is 18.5 Å². The molecule has 0 radical (unpaired) electrons. The standard InChI is InChI=1S/C18H19F3N6O/c1-10-6-11-12(8-24-14(11)23-7-10)15-22-5-4-13(26-15)27-17(2,3)16(28)25-9-18(19,20)21/h4-8H,9H2,1-3H3,(H,23,24)(H,25,28)(H,22,26,27). The quantitative estimate of drug-likeness (QED) is 0.620. The topological polar surface area (TPSA) is 95.6 Å². The van der Waals surface area contributed by atoms with Crippen molar-refractivity contribution in [2.24, 2.45) is 0 Å². The molecule has 3 heterocycles. The number of nitrogens with zero attached hydrogens (tertiary/aromatic N) is 3. The molecule has 7 nitrogen and oxygen atoms in total. The number of carbonyl (C=O) groups is 1. The second-order valence-electron chi connectivity index (χ2n) is 6.92. The average Bonchev–Trinajstić information content (AvgIpc) is 3.01. The first-order valence-corrected chi connectivity index (χ1v) is 8.45. The first-order chi connectivity index (χ1) is 13.0. The second-order valence-corrected chi connectivity index (χ2v) is 6.92. The van der Waals surface area contributed by atoms with Crippen LogP contribution in [0, 0.1) is 6.92 Å². The summed E-state index contributed by atoms with van der Waals surface area (Å²) in [4.78, 5) is 28.1. The van der Waals surface area contributed by atoms with Crippen molar-refractivity contribution >= 4 is 22.8 Å². The van der Waals surface area contributed by atoms with Gasteiger partial charge in [-0.2, -0.15) is 13.2 Å². The number of nitrogens with one attached hydrogen (secondary N) is 3. The van der Waals surface area contributed by atoms with E-state index >= 15 is 0 Å². The van der Waals surface area contributed by atoms with Crippen molar-refractivity contribution in [3.05, 3.63) is 36.3 Å². The summed E-state index contributed by atoms with van der Waals surface area (Å²) in [5.74, 6) is -0.0841. The minimum absolute atomic E-state index is 0.312. The molecule has 0 atom stereocenters. The Hall–Kier alpha value is -3.17. The van der Waals surface area contributed by atoms with Gasteiger partial charge in [-0.15, -0.1) is 0 Å². The fraction of sp³-hybridized carbons (Fsp3) is 0.333. The van der Waals surface area contributed by atoms with E-state index in [2.05, 4.69) is 25.3 Å². The highest BCUT2D eigenvalue weighted by atomic mass is 19.4. The van der Waals surface area contributed by atoms with Crippen LogP contribution in [0.15, 0.2) is 30.7 Å². The van der Waals surface area contributed by atoms with Gasteiger partial charge < -0.3 is 15.6 Å². The maximum atomic E-state index is 12.3. The number of hydrogen-bond donors (Lipinski definition) is 3. The number of H-pyrrole nitrogens is 1. The number of anilines is 1. The zero-order chi connectivity index (χ0) is 20.5. The van der Waals surface area contributed by atoms with Crippen molar-refractivity contribution < 1.29 is 18.0 Å². The largest absolute Gasteiger partial charge is 0.405 e. The smallest absolute Gasteiger partial charge is 0.356 e. The highest BCUT2D eigenvalue weighted by molar-refractivity contribution is 5.92. The normalized spacial score (nSPS) is 12.2. The number of amides is 1. The van der Waals surface area contributed by atoms with Gasteiger partial charge in [-0.3, -0.25) is 4.79 Å². The van der Waals surface area contributed by atoms with E-state index in [0.717, 1.165) is 16.5 Å². The molecule has 0 fully saturated rings. The summed E-state index contributed by atoms with van der Waals surface area (Å²) in [6, 6.07) is 3.49. The van der Waals surface area contributed by atoms with Crippen molar-refractivity contribution in [1.29, 1.82) is 0 Å². The molecular formula is C18H19F3N6O. The van der Waals surface area contributed by atoms with E-state index in [1.807, 2.05) is 18.3 Å². The average molecular weight is 392 g/mol. The van der Waals surface area contributed by atoms with E-state index in [-0.39, 0.29) is 0 Å². The van der Waals surface area contributed by atoms with Gasteiger partial charge in [-0.05, 0) is 38.5 Å². The lowest BCUT2D eigenvalue weighted by Gasteiger charge is -2.26. The van der Waals surface area contributed by atoms with Crippen LogP contribution in [0.4, 0.5) is 19.0 Å². The Morgan fingerprint density at radius 3 is 2.71 bits per heavy atom. The lowest BCUT2D eigenvalue weighted by Crippen LogP contribution is -2.50. The molecule has 0 unspecified atom stereocenters. The summed E-state index contributed by atoms with van der Waals surface area (Å²) < 4.78 is 37.0. The van der Waals surface area contributed by atoms with Crippen LogP contribution in [0.3, 0.4) is 0 Å². The number of rotatable bonds is 5. The number of aryl methyl sites for hydroxylation is 1. The number of halogens is 3. The lowest BCUT2D eigenvalue weighted by atomic mass is 10.0. The molecule has 0 saturated heterocycles. The van der Waals surface area contributed by atoms with E-state index in [1.165, 1.54) is 20.0 Å². The summed E-state index contributed by atoms with van der Waals surface area (Å²) in [6.07, 6.45) is 0.507. The third-order valence-corrected chi connectivity index (χ3v) is 4.02. The molecule has 0 aliphatic carbocycles. The van der Waals surface area contributed by atoms with E-state index in [0.29, 0.717) is 17.3 Å². The molecule has 0 spiro atoms. The van der Waals surface area contributed by atoms with Crippen molar-refractivity contribution in [3.63, 3.8) is 0 Å². The maximum Gasteiger partial charge on any atom is 0.405 e. The summed E-state index contributed by atoms with van der Waals surface area (Å²) >= 11 is 0. The van der Waals surface area contributed by atoms with Gasteiger partial charge in [0.2, 0.25) is 5.91 Å². The van der Waals surface area contributed by atoms with E-state index < -0.39 is 24.2 Å².